The van der Waals surface area contributed by atoms with Crippen LogP contribution >= 0.6 is 27.5 Å². The van der Waals surface area contributed by atoms with Crippen molar-refractivity contribution in [1.82, 2.24) is 4.90 Å². The molecule has 0 heterocycles. The van der Waals surface area contributed by atoms with Gasteiger partial charge in [-0.1, -0.05) is 47.4 Å². The molecule has 0 spiro atoms. The highest BCUT2D eigenvalue weighted by Crippen LogP contribution is 2.30. The Bertz CT molecular complexity index is 460. The van der Waals surface area contributed by atoms with E-state index >= 15 is 0 Å². The van der Waals surface area contributed by atoms with Crippen molar-refractivity contribution in [1.29, 1.82) is 0 Å². The molecule has 2 N–H and O–H groups in total. The van der Waals surface area contributed by atoms with Crippen molar-refractivity contribution >= 4 is 27.5 Å². The zero-order chi connectivity index (χ0) is 15.4. The van der Waals surface area contributed by atoms with E-state index in [4.69, 9.17) is 17.3 Å². The highest BCUT2D eigenvalue weighted by Gasteiger charge is 2.28. The van der Waals surface area contributed by atoms with E-state index in [-0.39, 0.29) is 6.04 Å². The van der Waals surface area contributed by atoms with Crippen molar-refractivity contribution in [2.75, 3.05) is 13.1 Å². The fraction of sp³-hybridized carbons (Fsp3) is 0.647. The molecule has 1 aliphatic carbocycles. The van der Waals surface area contributed by atoms with Crippen molar-refractivity contribution in [3.8, 4) is 0 Å². The van der Waals surface area contributed by atoms with E-state index in [1.165, 1.54) is 25.8 Å². The predicted octanol–water partition coefficient (Wildman–Crippen LogP) is 5.00. The Balaban J connectivity index is 1.87. The molecular formula is C17H26BrClN2. The predicted molar refractivity (Wildman–Crippen MR) is 94.7 cm³/mol. The monoisotopic (exact) mass is 372 g/mol. The third kappa shape index (κ3) is 5.55. The van der Waals surface area contributed by atoms with E-state index in [9.17, 15) is 0 Å². The van der Waals surface area contributed by atoms with Crippen LogP contribution in [0.3, 0.4) is 0 Å². The molecule has 0 amide bonds. The summed E-state index contributed by atoms with van der Waals surface area (Å²) in [4.78, 5) is 2.62. The number of halogens is 2. The molecule has 0 bridgehead atoms. The number of benzene rings is 1. The van der Waals surface area contributed by atoms with Crippen molar-refractivity contribution in [3.63, 3.8) is 0 Å². The van der Waals surface area contributed by atoms with Crippen LogP contribution in [-0.4, -0.2) is 24.0 Å². The Morgan fingerprint density at radius 2 is 1.95 bits per heavy atom. The maximum absolute atomic E-state index is 6.34. The van der Waals surface area contributed by atoms with Gasteiger partial charge >= 0.3 is 0 Å². The van der Waals surface area contributed by atoms with Gasteiger partial charge in [-0.15, -0.1) is 0 Å². The smallest absolute Gasteiger partial charge is 0.0464 e. The van der Waals surface area contributed by atoms with Crippen molar-refractivity contribution in [3.05, 3.63) is 33.3 Å². The summed E-state index contributed by atoms with van der Waals surface area (Å²) >= 11 is 9.73. The minimum Gasteiger partial charge on any atom is -0.324 e. The summed E-state index contributed by atoms with van der Waals surface area (Å²) in [6.07, 6.45) is 4.94. The lowest BCUT2D eigenvalue weighted by atomic mass is 10.0. The molecule has 4 heteroatoms. The van der Waals surface area contributed by atoms with Gasteiger partial charge in [-0.3, -0.25) is 0 Å². The molecule has 1 unspecified atom stereocenters. The van der Waals surface area contributed by atoms with E-state index in [1.54, 1.807) is 0 Å². The summed E-state index contributed by atoms with van der Waals surface area (Å²) < 4.78 is 1.000. The average molecular weight is 374 g/mol. The van der Waals surface area contributed by atoms with Gasteiger partial charge in [0.25, 0.3) is 0 Å². The third-order valence-electron chi connectivity index (χ3n) is 4.15. The molecule has 0 aromatic heterocycles. The molecule has 118 valence electrons. The minimum absolute atomic E-state index is 0.0194. The van der Waals surface area contributed by atoms with Crippen LogP contribution in [-0.2, 0) is 0 Å². The van der Waals surface area contributed by atoms with Gasteiger partial charge in [-0.2, -0.15) is 0 Å². The van der Waals surface area contributed by atoms with Gasteiger partial charge in [-0.05, 0) is 55.8 Å². The number of hydrogen-bond donors (Lipinski definition) is 1. The number of hydrogen-bond acceptors (Lipinski definition) is 2. The van der Waals surface area contributed by atoms with Crippen molar-refractivity contribution < 1.29 is 0 Å². The number of rotatable bonds is 8. The molecule has 1 fully saturated rings. The SMILES string of the molecule is CC(C)CCN(CCC(N)c1ccc(Br)cc1Cl)C1CC1. The first-order valence-corrected chi connectivity index (χ1v) is 9.09. The van der Waals surface area contributed by atoms with Crippen LogP contribution < -0.4 is 5.73 Å². The zero-order valence-electron chi connectivity index (χ0n) is 13.0. The van der Waals surface area contributed by atoms with Crippen molar-refractivity contribution in [2.45, 2.75) is 51.6 Å². The Morgan fingerprint density at radius 1 is 1.29 bits per heavy atom. The number of nitrogens with two attached hydrogens (primary N) is 1. The summed E-state index contributed by atoms with van der Waals surface area (Å²) in [5, 5.41) is 0.761. The second-order valence-corrected chi connectivity index (χ2v) is 7.83. The summed E-state index contributed by atoms with van der Waals surface area (Å²) in [5.41, 5.74) is 7.40. The van der Waals surface area contributed by atoms with E-state index in [2.05, 4.69) is 34.7 Å². The first-order chi connectivity index (χ1) is 9.97. The van der Waals surface area contributed by atoms with Gasteiger partial charge in [0.15, 0.2) is 0 Å². The lowest BCUT2D eigenvalue weighted by Gasteiger charge is -2.25. The molecule has 21 heavy (non-hydrogen) atoms. The van der Waals surface area contributed by atoms with Crippen LogP contribution in [0.4, 0.5) is 0 Å². The first-order valence-electron chi connectivity index (χ1n) is 7.92. The Kier molecular flexibility index (Phi) is 6.54. The summed E-state index contributed by atoms with van der Waals surface area (Å²) in [6, 6.07) is 6.79. The van der Waals surface area contributed by atoms with Crippen LogP contribution in [0.5, 0.6) is 0 Å². The fourth-order valence-corrected chi connectivity index (χ4v) is 3.42. The van der Waals surface area contributed by atoms with E-state index in [0.29, 0.717) is 0 Å². The number of nitrogens with zero attached hydrogens (tertiary/aromatic N) is 1. The third-order valence-corrected chi connectivity index (χ3v) is 4.97. The fourth-order valence-electron chi connectivity index (χ4n) is 2.60. The minimum atomic E-state index is 0.0194. The van der Waals surface area contributed by atoms with Gasteiger partial charge in [0.1, 0.15) is 0 Å². The Morgan fingerprint density at radius 3 is 2.52 bits per heavy atom. The molecule has 1 aliphatic rings. The highest BCUT2D eigenvalue weighted by atomic mass is 79.9. The highest BCUT2D eigenvalue weighted by molar-refractivity contribution is 9.10. The quantitative estimate of drug-likeness (QED) is 0.694. The summed E-state index contributed by atoms with van der Waals surface area (Å²) in [5.74, 6) is 0.765. The molecule has 1 aromatic carbocycles. The second-order valence-electron chi connectivity index (χ2n) is 6.51. The Labute approximate surface area is 142 Å². The average Bonchev–Trinajstić information content (AvgIpc) is 3.22. The summed E-state index contributed by atoms with van der Waals surface area (Å²) in [6.45, 7) is 6.85. The lowest BCUT2D eigenvalue weighted by molar-refractivity contribution is 0.239. The Hall–Kier alpha value is -0.0900. The van der Waals surface area contributed by atoms with Crippen LogP contribution in [0.15, 0.2) is 22.7 Å². The van der Waals surface area contributed by atoms with Crippen LogP contribution in [0.2, 0.25) is 5.02 Å². The normalized spacial score (nSPS) is 16.7. The van der Waals surface area contributed by atoms with Crippen LogP contribution in [0, 0.1) is 5.92 Å². The topological polar surface area (TPSA) is 29.3 Å². The maximum Gasteiger partial charge on any atom is 0.0464 e. The maximum atomic E-state index is 6.34. The molecule has 0 aliphatic heterocycles. The van der Waals surface area contributed by atoms with E-state index in [1.807, 2.05) is 18.2 Å². The van der Waals surface area contributed by atoms with Gasteiger partial charge in [0.2, 0.25) is 0 Å². The first kappa shape index (κ1) is 17.3. The zero-order valence-corrected chi connectivity index (χ0v) is 15.3. The van der Waals surface area contributed by atoms with Crippen LogP contribution in [0.25, 0.3) is 0 Å². The molecule has 2 nitrogen and oxygen atoms in total. The largest absolute Gasteiger partial charge is 0.324 e. The lowest BCUT2D eigenvalue weighted by Crippen LogP contribution is -2.31. The van der Waals surface area contributed by atoms with Gasteiger partial charge < -0.3 is 10.6 Å². The van der Waals surface area contributed by atoms with Crippen LogP contribution in [0.1, 0.15) is 51.1 Å². The van der Waals surface area contributed by atoms with E-state index in [0.717, 1.165) is 40.0 Å². The molecule has 2 rings (SSSR count). The molecule has 0 saturated heterocycles. The van der Waals surface area contributed by atoms with E-state index < -0.39 is 0 Å². The molecule has 1 atom stereocenters. The molecule has 1 saturated carbocycles. The molecule has 0 radical (unpaired) electrons. The second kappa shape index (κ2) is 7.96. The van der Waals surface area contributed by atoms with Crippen molar-refractivity contribution in [2.24, 2.45) is 11.7 Å². The van der Waals surface area contributed by atoms with Gasteiger partial charge in [0, 0.05) is 28.1 Å². The molecular weight excluding hydrogens is 348 g/mol. The molecule has 1 aromatic rings. The van der Waals surface area contributed by atoms with Gasteiger partial charge in [-0.25, -0.2) is 0 Å². The van der Waals surface area contributed by atoms with Gasteiger partial charge in [0.05, 0.1) is 0 Å². The standard InChI is InChI=1S/C17H26BrClN2/c1-12(2)7-9-21(14-4-5-14)10-8-17(20)15-6-3-13(18)11-16(15)19/h3,6,11-12,14,17H,4-5,7-10,20H2,1-2H3. The summed E-state index contributed by atoms with van der Waals surface area (Å²) in [7, 11) is 0.